The molecule has 1 fully saturated rings. The highest BCUT2D eigenvalue weighted by Gasteiger charge is 2.24. The van der Waals surface area contributed by atoms with Gasteiger partial charge in [0.2, 0.25) is 0 Å². The van der Waals surface area contributed by atoms with Crippen molar-refractivity contribution in [1.82, 2.24) is 5.32 Å². The highest BCUT2D eigenvalue weighted by molar-refractivity contribution is 5.47. The van der Waals surface area contributed by atoms with Gasteiger partial charge in [-0.15, -0.1) is 0 Å². The van der Waals surface area contributed by atoms with E-state index in [0.29, 0.717) is 5.75 Å². The summed E-state index contributed by atoms with van der Waals surface area (Å²) in [6.07, 6.45) is 2.04. The molecule has 1 aromatic rings. The van der Waals surface area contributed by atoms with Gasteiger partial charge in [-0.2, -0.15) is 0 Å². The molecular weight excluding hydrogens is 220 g/mol. The second kappa shape index (κ2) is 5.14. The van der Waals surface area contributed by atoms with E-state index in [4.69, 9.17) is 4.74 Å². The fourth-order valence-corrected chi connectivity index (χ4v) is 2.27. The topological polar surface area (TPSA) is 64.4 Å². The summed E-state index contributed by atoms with van der Waals surface area (Å²) < 4.78 is 5.14. The predicted molar refractivity (Wildman–Crippen MR) is 64.5 cm³/mol. The molecule has 0 radical (unpaired) electrons. The molecule has 1 saturated heterocycles. The zero-order valence-electron chi connectivity index (χ0n) is 9.81. The quantitative estimate of drug-likeness (QED) is 0.644. The zero-order valence-corrected chi connectivity index (χ0v) is 9.81. The van der Waals surface area contributed by atoms with E-state index in [2.05, 4.69) is 5.32 Å². The molecule has 0 bridgehead atoms. The first kappa shape index (κ1) is 11.9. The summed E-state index contributed by atoms with van der Waals surface area (Å²) in [5.41, 5.74) is 0.973. The molecule has 0 aliphatic carbocycles. The van der Waals surface area contributed by atoms with Gasteiger partial charge in [-0.3, -0.25) is 10.1 Å². The molecule has 0 spiro atoms. The summed E-state index contributed by atoms with van der Waals surface area (Å²) in [5, 5.41) is 14.3. The van der Waals surface area contributed by atoms with Gasteiger partial charge in [0.25, 0.3) is 5.69 Å². The first-order valence-electron chi connectivity index (χ1n) is 5.75. The largest absolute Gasteiger partial charge is 0.497 e. The third kappa shape index (κ3) is 2.55. The summed E-state index contributed by atoms with van der Waals surface area (Å²) >= 11 is 0. The summed E-state index contributed by atoms with van der Waals surface area (Å²) in [4.78, 5) is 10.7. The standard InChI is InChI=1S/C12H16N2O3/c1-17-10-4-5-12(14(15)16)11(7-10)9-3-2-6-13-8-9/h4-5,7,9,13H,2-3,6,8H2,1H3. The minimum absolute atomic E-state index is 0.194. The van der Waals surface area contributed by atoms with Gasteiger partial charge < -0.3 is 10.1 Å². The van der Waals surface area contributed by atoms with Crippen LogP contribution < -0.4 is 10.1 Å². The van der Waals surface area contributed by atoms with Crippen molar-refractivity contribution in [2.24, 2.45) is 0 Å². The molecule has 0 amide bonds. The van der Waals surface area contributed by atoms with Gasteiger partial charge in [-0.25, -0.2) is 0 Å². The molecule has 1 atom stereocenters. The summed E-state index contributed by atoms with van der Waals surface area (Å²) in [5.74, 6) is 0.885. The Kier molecular flexibility index (Phi) is 3.58. The van der Waals surface area contributed by atoms with Crippen LogP contribution in [0.2, 0.25) is 0 Å². The van der Waals surface area contributed by atoms with Crippen LogP contribution in [-0.2, 0) is 0 Å². The van der Waals surface area contributed by atoms with E-state index in [-0.39, 0.29) is 16.5 Å². The van der Waals surface area contributed by atoms with Crippen LogP contribution in [0.1, 0.15) is 24.3 Å². The van der Waals surface area contributed by atoms with E-state index in [0.717, 1.165) is 31.5 Å². The van der Waals surface area contributed by atoms with Crippen molar-refractivity contribution in [2.45, 2.75) is 18.8 Å². The molecule has 17 heavy (non-hydrogen) atoms. The van der Waals surface area contributed by atoms with E-state index < -0.39 is 0 Å². The Morgan fingerprint density at radius 3 is 2.94 bits per heavy atom. The molecule has 0 saturated carbocycles. The van der Waals surface area contributed by atoms with Crippen molar-refractivity contribution in [2.75, 3.05) is 20.2 Å². The summed E-state index contributed by atoms with van der Waals surface area (Å²) in [6, 6.07) is 4.95. The average molecular weight is 236 g/mol. The molecular formula is C12H16N2O3. The van der Waals surface area contributed by atoms with Gasteiger partial charge >= 0.3 is 0 Å². The zero-order chi connectivity index (χ0) is 12.3. The molecule has 5 heteroatoms. The van der Waals surface area contributed by atoms with Crippen LogP contribution >= 0.6 is 0 Å². The van der Waals surface area contributed by atoms with Gasteiger partial charge in [0.15, 0.2) is 0 Å². The highest BCUT2D eigenvalue weighted by Crippen LogP contribution is 2.33. The number of nitrogens with one attached hydrogen (secondary N) is 1. The number of piperidine rings is 1. The Hall–Kier alpha value is -1.62. The number of hydrogen-bond acceptors (Lipinski definition) is 4. The van der Waals surface area contributed by atoms with Crippen LogP contribution in [0.5, 0.6) is 5.75 Å². The lowest BCUT2D eigenvalue weighted by molar-refractivity contribution is -0.385. The lowest BCUT2D eigenvalue weighted by atomic mass is 9.90. The maximum atomic E-state index is 11.0. The van der Waals surface area contributed by atoms with E-state index >= 15 is 0 Å². The fraction of sp³-hybridized carbons (Fsp3) is 0.500. The molecule has 1 aliphatic heterocycles. The number of nitrogens with zero attached hydrogens (tertiary/aromatic N) is 1. The summed E-state index contributed by atoms with van der Waals surface area (Å²) in [7, 11) is 1.57. The highest BCUT2D eigenvalue weighted by atomic mass is 16.6. The van der Waals surface area contributed by atoms with Gasteiger partial charge in [-0.05, 0) is 31.5 Å². The third-order valence-electron chi connectivity index (χ3n) is 3.17. The Bertz CT molecular complexity index is 414. The first-order valence-corrected chi connectivity index (χ1v) is 5.75. The average Bonchev–Trinajstić information content (AvgIpc) is 2.39. The van der Waals surface area contributed by atoms with E-state index in [1.54, 1.807) is 19.2 Å². The van der Waals surface area contributed by atoms with Gasteiger partial charge in [0, 0.05) is 24.1 Å². The number of methoxy groups -OCH3 is 1. The van der Waals surface area contributed by atoms with Gasteiger partial charge in [0.1, 0.15) is 5.75 Å². The SMILES string of the molecule is COc1ccc([N+](=O)[O-])c(C2CCCNC2)c1. The van der Waals surface area contributed by atoms with Crippen LogP contribution in [0, 0.1) is 10.1 Å². The predicted octanol–water partition coefficient (Wildman–Crippen LogP) is 2.07. The smallest absolute Gasteiger partial charge is 0.273 e. The second-order valence-electron chi connectivity index (χ2n) is 4.23. The summed E-state index contributed by atoms with van der Waals surface area (Å²) in [6.45, 7) is 1.79. The molecule has 1 unspecified atom stereocenters. The van der Waals surface area contributed by atoms with Gasteiger partial charge in [0.05, 0.1) is 12.0 Å². The van der Waals surface area contributed by atoms with Crippen LogP contribution in [0.15, 0.2) is 18.2 Å². The first-order chi connectivity index (χ1) is 8.22. The van der Waals surface area contributed by atoms with Crippen molar-refractivity contribution < 1.29 is 9.66 Å². The fourth-order valence-electron chi connectivity index (χ4n) is 2.27. The van der Waals surface area contributed by atoms with Crippen molar-refractivity contribution in [3.05, 3.63) is 33.9 Å². The molecule has 1 aromatic carbocycles. The number of ether oxygens (including phenoxy) is 1. The molecule has 0 aromatic heterocycles. The Morgan fingerprint density at radius 1 is 1.53 bits per heavy atom. The number of nitro benzene ring substituents is 1. The van der Waals surface area contributed by atoms with Crippen molar-refractivity contribution in [3.63, 3.8) is 0 Å². The Labute approximate surface area is 99.9 Å². The van der Waals surface area contributed by atoms with Crippen LogP contribution in [0.3, 0.4) is 0 Å². The van der Waals surface area contributed by atoms with E-state index in [1.165, 1.54) is 6.07 Å². The van der Waals surface area contributed by atoms with Crippen LogP contribution in [-0.4, -0.2) is 25.1 Å². The molecule has 1 N–H and O–H groups in total. The Balaban J connectivity index is 2.36. The molecule has 92 valence electrons. The minimum atomic E-state index is -0.316. The number of rotatable bonds is 3. The molecule has 2 rings (SSSR count). The number of hydrogen-bond donors (Lipinski definition) is 1. The minimum Gasteiger partial charge on any atom is -0.497 e. The third-order valence-corrected chi connectivity index (χ3v) is 3.17. The molecule has 5 nitrogen and oxygen atoms in total. The van der Waals surface area contributed by atoms with E-state index in [9.17, 15) is 10.1 Å². The van der Waals surface area contributed by atoms with Crippen LogP contribution in [0.4, 0.5) is 5.69 Å². The normalized spacial score (nSPS) is 19.9. The maximum absolute atomic E-state index is 11.0. The molecule has 1 heterocycles. The molecule has 1 aliphatic rings. The van der Waals surface area contributed by atoms with Crippen LogP contribution in [0.25, 0.3) is 0 Å². The van der Waals surface area contributed by atoms with Crippen molar-refractivity contribution in [3.8, 4) is 5.75 Å². The Morgan fingerprint density at radius 2 is 2.35 bits per heavy atom. The van der Waals surface area contributed by atoms with Gasteiger partial charge in [-0.1, -0.05) is 0 Å². The monoisotopic (exact) mass is 236 g/mol. The lowest BCUT2D eigenvalue weighted by Crippen LogP contribution is -2.28. The maximum Gasteiger partial charge on any atom is 0.273 e. The lowest BCUT2D eigenvalue weighted by Gasteiger charge is -2.23. The van der Waals surface area contributed by atoms with Crippen molar-refractivity contribution >= 4 is 5.69 Å². The number of nitro groups is 1. The van der Waals surface area contributed by atoms with Crippen molar-refractivity contribution in [1.29, 1.82) is 0 Å². The second-order valence-corrected chi connectivity index (χ2v) is 4.23. The number of benzene rings is 1. The van der Waals surface area contributed by atoms with E-state index in [1.807, 2.05) is 0 Å².